The first-order valence-electron chi connectivity index (χ1n) is 10.3. The lowest BCUT2D eigenvalue weighted by Gasteiger charge is -2.32. The van der Waals surface area contributed by atoms with Gasteiger partial charge in [0.2, 0.25) is 5.82 Å². The molecule has 0 spiro atoms. The molecule has 190 valence electrons. The van der Waals surface area contributed by atoms with Crippen LogP contribution in [0.25, 0.3) is 0 Å². The Balaban J connectivity index is 2.05. The summed E-state index contributed by atoms with van der Waals surface area (Å²) < 4.78 is 80.9. The second-order valence-electron chi connectivity index (χ2n) is 8.10. The third-order valence-electron chi connectivity index (χ3n) is 5.99. The molecule has 1 saturated heterocycles. The van der Waals surface area contributed by atoms with E-state index in [1.165, 1.54) is 19.1 Å². The zero-order valence-corrected chi connectivity index (χ0v) is 18.5. The summed E-state index contributed by atoms with van der Waals surface area (Å²) >= 11 is 0. The highest BCUT2D eigenvalue weighted by molar-refractivity contribution is 5.96. The average molecular weight is 503 g/mol. The van der Waals surface area contributed by atoms with Gasteiger partial charge in [-0.05, 0) is 25.1 Å². The van der Waals surface area contributed by atoms with E-state index in [2.05, 4.69) is 10.3 Å². The van der Waals surface area contributed by atoms with Gasteiger partial charge < -0.3 is 25.6 Å². The van der Waals surface area contributed by atoms with Gasteiger partial charge >= 0.3 is 6.18 Å². The summed E-state index contributed by atoms with van der Waals surface area (Å²) in [7, 11) is 0. The highest BCUT2D eigenvalue weighted by atomic mass is 19.4. The number of primary amides is 1. The van der Waals surface area contributed by atoms with Gasteiger partial charge in [0.15, 0.2) is 17.2 Å². The number of aliphatic hydroxyl groups excluding tert-OH is 1. The van der Waals surface area contributed by atoms with Gasteiger partial charge in [0.25, 0.3) is 11.8 Å². The Labute approximate surface area is 196 Å². The van der Waals surface area contributed by atoms with E-state index in [0.717, 1.165) is 19.2 Å². The predicted molar refractivity (Wildman–Crippen MR) is 112 cm³/mol. The van der Waals surface area contributed by atoms with E-state index in [9.17, 15) is 31.5 Å². The van der Waals surface area contributed by atoms with Crippen molar-refractivity contribution in [1.29, 1.82) is 0 Å². The van der Waals surface area contributed by atoms with Crippen molar-refractivity contribution in [2.75, 3.05) is 18.5 Å². The number of pyridine rings is 1. The molecule has 1 aliphatic heterocycles. The summed E-state index contributed by atoms with van der Waals surface area (Å²) in [5.74, 6) is -8.26. The Morgan fingerprint density at radius 1 is 1.26 bits per heavy atom. The number of nitrogens with one attached hydrogen (secondary N) is 1. The fourth-order valence-corrected chi connectivity index (χ4v) is 3.95. The monoisotopic (exact) mass is 503 g/mol. The van der Waals surface area contributed by atoms with Crippen LogP contribution in [0.4, 0.5) is 27.6 Å². The van der Waals surface area contributed by atoms with Crippen molar-refractivity contribution in [3.05, 3.63) is 53.4 Å². The van der Waals surface area contributed by atoms with Crippen LogP contribution in [0.1, 0.15) is 35.8 Å². The second-order valence-corrected chi connectivity index (χ2v) is 8.10. The van der Waals surface area contributed by atoms with E-state index in [1.54, 1.807) is 0 Å². The number of aromatic nitrogens is 1. The van der Waals surface area contributed by atoms with Crippen LogP contribution >= 0.6 is 0 Å². The summed E-state index contributed by atoms with van der Waals surface area (Å²) in [4.78, 5) is 28.0. The third-order valence-corrected chi connectivity index (χ3v) is 5.99. The summed E-state index contributed by atoms with van der Waals surface area (Å²) in [6, 6.07) is 4.17. The number of rotatable bonds is 7. The van der Waals surface area contributed by atoms with Gasteiger partial charge in [-0.1, -0.05) is 13.0 Å². The first-order valence-corrected chi connectivity index (χ1v) is 10.3. The number of carbonyl (C=O) groups excluding carboxylic acids is 2. The highest BCUT2D eigenvalue weighted by Crippen LogP contribution is 2.55. The number of amides is 2. The normalized spacial score (nSPS) is 24.3. The number of carbonyl (C=O) groups is 2. The van der Waals surface area contributed by atoms with Gasteiger partial charge in [-0.25, -0.2) is 9.37 Å². The molecule has 4 N–H and O–H groups in total. The smallest absolute Gasteiger partial charge is 0.417 e. The van der Waals surface area contributed by atoms with Crippen molar-refractivity contribution in [3.8, 4) is 5.75 Å². The van der Waals surface area contributed by atoms with Crippen LogP contribution in [0.3, 0.4) is 0 Å². The molecule has 1 fully saturated rings. The van der Waals surface area contributed by atoms with Crippen LogP contribution in [-0.2, 0) is 9.53 Å². The van der Waals surface area contributed by atoms with Gasteiger partial charge in [-0.15, -0.1) is 0 Å². The molecule has 0 unspecified atom stereocenters. The molecule has 0 saturated carbocycles. The molecule has 3 rings (SSSR count). The zero-order chi connectivity index (χ0) is 26.1. The van der Waals surface area contributed by atoms with Crippen LogP contribution in [0.2, 0.25) is 0 Å². The molecule has 0 bridgehead atoms. The number of nitrogens with two attached hydrogens (primary N) is 1. The van der Waals surface area contributed by atoms with Crippen molar-refractivity contribution in [2.24, 2.45) is 11.7 Å². The molecule has 2 aromatic rings. The minimum Gasteiger partial charge on any atom is -0.488 e. The van der Waals surface area contributed by atoms with Crippen molar-refractivity contribution < 1.29 is 46.1 Å². The Bertz CT molecular complexity index is 1110. The highest BCUT2D eigenvalue weighted by Gasteiger charge is 2.65. The van der Waals surface area contributed by atoms with E-state index >= 15 is 0 Å². The maximum atomic E-state index is 14.6. The topological polar surface area (TPSA) is 124 Å². The molecule has 35 heavy (non-hydrogen) atoms. The van der Waals surface area contributed by atoms with Crippen molar-refractivity contribution in [3.63, 3.8) is 0 Å². The number of halogens is 5. The standard InChI is InChI=1S/C22H22F5N3O5/c1-10-15(12-4-5-13(23)16(24)17(12)34-8-7-31)18(35-21(10,2)22(25,26)27)20(33)30-11-3-6-14(19(28)32)29-9-11/h3-6,9-10,15,18,31H,7-8H2,1-2H3,(H2,28,32)(H,30,33)/t10-,15-,18+,21+/m0/s1. The summed E-state index contributed by atoms with van der Waals surface area (Å²) in [6.45, 7) is 0.881. The maximum Gasteiger partial charge on any atom is 0.417 e. The summed E-state index contributed by atoms with van der Waals surface area (Å²) in [6.07, 6.45) is -5.66. The van der Waals surface area contributed by atoms with Crippen LogP contribution in [0.15, 0.2) is 30.5 Å². The molecule has 4 atom stereocenters. The Hall–Kier alpha value is -3.32. The Morgan fingerprint density at radius 3 is 2.49 bits per heavy atom. The van der Waals surface area contributed by atoms with Crippen LogP contribution in [-0.4, -0.2) is 53.0 Å². The average Bonchev–Trinajstić information content (AvgIpc) is 3.07. The molecule has 0 aliphatic carbocycles. The quantitative estimate of drug-likeness (QED) is 0.500. The maximum absolute atomic E-state index is 14.6. The van der Waals surface area contributed by atoms with E-state index < -0.39 is 72.1 Å². The first-order chi connectivity index (χ1) is 16.3. The lowest BCUT2D eigenvalue weighted by molar-refractivity contribution is -0.272. The molecular formula is C22H22F5N3O5. The Kier molecular flexibility index (Phi) is 7.31. The molecule has 1 aromatic carbocycles. The number of hydrogen-bond acceptors (Lipinski definition) is 6. The van der Waals surface area contributed by atoms with Gasteiger partial charge in [0.05, 0.1) is 18.5 Å². The van der Waals surface area contributed by atoms with Crippen LogP contribution in [0, 0.1) is 17.6 Å². The third kappa shape index (κ3) is 4.91. The molecule has 8 nitrogen and oxygen atoms in total. The summed E-state index contributed by atoms with van der Waals surface area (Å²) in [5.41, 5.74) is 1.96. The van der Waals surface area contributed by atoms with Gasteiger partial charge in [-0.2, -0.15) is 17.6 Å². The Morgan fingerprint density at radius 2 is 1.94 bits per heavy atom. The first kappa shape index (κ1) is 26.3. The number of ether oxygens (including phenoxy) is 2. The number of hydrogen-bond donors (Lipinski definition) is 3. The zero-order valence-electron chi connectivity index (χ0n) is 18.5. The SMILES string of the molecule is C[C@H]1[C@@H](c2ccc(F)c(F)c2OCCO)[C@H](C(=O)Nc2ccc(C(N)=O)nc2)O[C@@]1(C)C(F)(F)F. The number of aliphatic hydroxyl groups is 1. The van der Waals surface area contributed by atoms with Crippen LogP contribution in [0.5, 0.6) is 5.75 Å². The summed E-state index contributed by atoms with van der Waals surface area (Å²) in [5, 5.41) is 11.4. The minimum atomic E-state index is -4.92. The number of anilines is 1. The minimum absolute atomic E-state index is 0.0256. The molecular weight excluding hydrogens is 481 g/mol. The van der Waals surface area contributed by atoms with E-state index in [-0.39, 0.29) is 16.9 Å². The molecule has 13 heteroatoms. The van der Waals surface area contributed by atoms with Gasteiger partial charge in [0, 0.05) is 17.4 Å². The second kappa shape index (κ2) is 9.74. The van der Waals surface area contributed by atoms with Gasteiger partial charge in [-0.3, -0.25) is 9.59 Å². The van der Waals surface area contributed by atoms with Crippen molar-refractivity contribution in [2.45, 2.75) is 37.6 Å². The molecule has 1 aliphatic rings. The fraction of sp³-hybridized carbons (Fsp3) is 0.409. The van der Waals surface area contributed by atoms with Crippen molar-refractivity contribution in [1.82, 2.24) is 4.98 Å². The largest absolute Gasteiger partial charge is 0.488 e. The van der Waals surface area contributed by atoms with E-state index in [1.807, 2.05) is 0 Å². The van der Waals surface area contributed by atoms with E-state index in [0.29, 0.717) is 6.07 Å². The number of nitrogens with zero attached hydrogens (tertiary/aromatic N) is 1. The molecule has 1 aromatic heterocycles. The number of alkyl halides is 3. The van der Waals surface area contributed by atoms with E-state index in [4.69, 9.17) is 20.3 Å². The molecule has 2 amide bonds. The lowest BCUT2D eigenvalue weighted by atomic mass is 9.77. The fourth-order valence-electron chi connectivity index (χ4n) is 3.95. The predicted octanol–water partition coefficient (Wildman–Crippen LogP) is 2.91. The van der Waals surface area contributed by atoms with Crippen molar-refractivity contribution >= 4 is 17.5 Å². The van der Waals surface area contributed by atoms with Gasteiger partial charge in [0.1, 0.15) is 18.4 Å². The molecule has 0 radical (unpaired) electrons. The number of benzene rings is 1. The lowest BCUT2D eigenvalue weighted by Crippen LogP contribution is -2.47. The van der Waals surface area contributed by atoms with Crippen LogP contribution < -0.4 is 15.8 Å². The molecule has 2 heterocycles.